The quantitative estimate of drug-likeness (QED) is 0.192. The summed E-state index contributed by atoms with van der Waals surface area (Å²) >= 11 is 3.43. The van der Waals surface area contributed by atoms with Crippen LogP contribution < -0.4 is 9.62 Å². The van der Waals surface area contributed by atoms with E-state index < -0.39 is 34.3 Å². The van der Waals surface area contributed by atoms with Crippen molar-refractivity contribution in [3.8, 4) is 0 Å². The molecule has 2 amide bonds. The monoisotopic (exact) mass is 679 g/mol. The van der Waals surface area contributed by atoms with E-state index >= 15 is 0 Å². The fourth-order valence-corrected chi connectivity index (χ4v) is 6.37. The highest BCUT2D eigenvalue weighted by atomic mass is 79.9. The molecule has 4 rings (SSSR count). The van der Waals surface area contributed by atoms with Crippen LogP contribution in [0.25, 0.3) is 0 Å². The van der Waals surface area contributed by atoms with Gasteiger partial charge in [-0.25, -0.2) is 12.8 Å². The lowest BCUT2D eigenvalue weighted by Gasteiger charge is -2.34. The van der Waals surface area contributed by atoms with Crippen LogP contribution in [0.5, 0.6) is 0 Å². The van der Waals surface area contributed by atoms with Crippen LogP contribution in [-0.4, -0.2) is 43.8 Å². The summed E-state index contributed by atoms with van der Waals surface area (Å²) in [6, 6.07) is 26.8. The Labute approximate surface area is 266 Å². The van der Waals surface area contributed by atoms with Crippen LogP contribution in [0, 0.1) is 12.7 Å². The first kappa shape index (κ1) is 32.9. The number of nitrogens with zero attached hydrogens (tertiary/aromatic N) is 2. The van der Waals surface area contributed by atoms with Crippen molar-refractivity contribution in [1.29, 1.82) is 0 Å². The molecule has 0 aliphatic rings. The number of aryl methyl sites for hydroxylation is 1. The molecular formula is C34H35BrFN3O4S. The summed E-state index contributed by atoms with van der Waals surface area (Å²) in [6.07, 6.45) is 0.211. The van der Waals surface area contributed by atoms with Gasteiger partial charge < -0.3 is 10.2 Å². The van der Waals surface area contributed by atoms with Gasteiger partial charge in [0.1, 0.15) is 18.4 Å². The average Bonchev–Trinajstić information content (AvgIpc) is 2.99. The Morgan fingerprint density at radius 2 is 1.45 bits per heavy atom. The molecule has 0 aromatic heterocycles. The number of anilines is 1. The van der Waals surface area contributed by atoms with Crippen LogP contribution in [-0.2, 0) is 32.6 Å². The first-order chi connectivity index (χ1) is 20.9. The van der Waals surface area contributed by atoms with Crippen LogP contribution in [0.4, 0.5) is 10.1 Å². The third-order valence-corrected chi connectivity index (χ3v) is 9.29. The predicted molar refractivity (Wildman–Crippen MR) is 174 cm³/mol. The van der Waals surface area contributed by atoms with Gasteiger partial charge in [0, 0.05) is 23.5 Å². The van der Waals surface area contributed by atoms with Crippen molar-refractivity contribution < 1.29 is 22.4 Å². The number of nitrogens with one attached hydrogen (secondary N) is 1. The fraction of sp³-hybridized carbons (Fsp3) is 0.235. The zero-order valence-electron chi connectivity index (χ0n) is 24.8. The molecule has 0 saturated carbocycles. The van der Waals surface area contributed by atoms with Crippen molar-refractivity contribution in [2.75, 3.05) is 10.8 Å². The molecule has 1 atom stereocenters. The molecule has 0 saturated heterocycles. The van der Waals surface area contributed by atoms with Crippen molar-refractivity contribution in [3.63, 3.8) is 0 Å². The summed E-state index contributed by atoms with van der Waals surface area (Å²) in [5, 5.41) is 2.93. The molecule has 44 heavy (non-hydrogen) atoms. The number of halogens is 2. The molecule has 0 heterocycles. The number of sulfonamides is 1. The Hall–Kier alpha value is -4.02. The summed E-state index contributed by atoms with van der Waals surface area (Å²) in [4.78, 5) is 29.5. The lowest BCUT2D eigenvalue weighted by molar-refractivity contribution is -0.140. The van der Waals surface area contributed by atoms with Gasteiger partial charge in [-0.15, -0.1) is 0 Å². The fourth-order valence-electron chi connectivity index (χ4n) is 4.69. The molecule has 0 radical (unpaired) electrons. The Kier molecular flexibility index (Phi) is 10.9. The Balaban J connectivity index is 1.79. The second-order valence-corrected chi connectivity index (χ2v) is 13.6. The van der Waals surface area contributed by atoms with Crippen molar-refractivity contribution in [2.45, 2.75) is 50.7 Å². The van der Waals surface area contributed by atoms with E-state index in [4.69, 9.17) is 0 Å². The van der Waals surface area contributed by atoms with Crippen molar-refractivity contribution in [3.05, 3.63) is 130 Å². The van der Waals surface area contributed by atoms with Crippen molar-refractivity contribution in [1.82, 2.24) is 10.2 Å². The zero-order valence-corrected chi connectivity index (χ0v) is 27.2. The first-order valence-corrected chi connectivity index (χ1v) is 16.4. The van der Waals surface area contributed by atoms with Crippen molar-refractivity contribution in [2.24, 2.45) is 0 Å². The SMILES string of the molecule is Cc1ccc(S(=O)(=O)N(CC(=O)N(Cc2ccc(Br)cc2)[C@H](Cc2ccccc2)C(=O)NC(C)C)c2ccc(F)cc2)cc1. The number of hydrogen-bond acceptors (Lipinski definition) is 4. The first-order valence-electron chi connectivity index (χ1n) is 14.2. The Morgan fingerprint density at radius 3 is 2.05 bits per heavy atom. The lowest BCUT2D eigenvalue weighted by atomic mass is 10.0. The van der Waals surface area contributed by atoms with Crippen LogP contribution in [0.1, 0.15) is 30.5 Å². The summed E-state index contributed by atoms with van der Waals surface area (Å²) in [7, 11) is -4.26. The molecule has 0 unspecified atom stereocenters. The van der Waals surface area contributed by atoms with E-state index in [1.165, 1.54) is 29.2 Å². The number of hydrogen-bond donors (Lipinski definition) is 1. The summed E-state index contributed by atoms with van der Waals surface area (Å²) in [5.74, 6) is -1.49. The van der Waals surface area contributed by atoms with Gasteiger partial charge in [0.15, 0.2) is 0 Å². The van der Waals surface area contributed by atoms with E-state index in [1.807, 2.05) is 75.4 Å². The summed E-state index contributed by atoms with van der Waals surface area (Å²) in [5.41, 5.74) is 2.59. The zero-order chi connectivity index (χ0) is 31.9. The predicted octanol–water partition coefficient (Wildman–Crippen LogP) is 6.26. The van der Waals surface area contributed by atoms with Gasteiger partial charge in [-0.1, -0.05) is 76.1 Å². The van der Waals surface area contributed by atoms with Crippen molar-refractivity contribution >= 4 is 43.5 Å². The van der Waals surface area contributed by atoms with Gasteiger partial charge in [0.2, 0.25) is 11.8 Å². The molecule has 230 valence electrons. The van der Waals surface area contributed by atoms with Crippen LogP contribution in [0.2, 0.25) is 0 Å². The van der Waals surface area contributed by atoms with E-state index in [-0.39, 0.29) is 35.5 Å². The van der Waals surface area contributed by atoms with E-state index in [9.17, 15) is 22.4 Å². The molecule has 0 aliphatic carbocycles. The van der Waals surface area contributed by atoms with E-state index in [0.717, 1.165) is 37.6 Å². The maximum atomic E-state index is 14.4. The largest absolute Gasteiger partial charge is 0.352 e. The van der Waals surface area contributed by atoms with Gasteiger partial charge in [-0.05, 0) is 80.4 Å². The minimum absolute atomic E-state index is 0.0157. The third-order valence-electron chi connectivity index (χ3n) is 6.97. The highest BCUT2D eigenvalue weighted by Crippen LogP contribution is 2.26. The standard InChI is InChI=1S/C34H35BrFN3O4S/c1-24(2)37-34(41)32(21-26-7-5-4-6-8-26)38(22-27-11-13-28(35)14-12-27)33(40)23-39(30-17-15-29(36)16-18-30)44(42,43)31-19-9-25(3)10-20-31/h4-20,24,32H,21-23H2,1-3H3,(H,37,41)/t32-/m1/s1. The minimum Gasteiger partial charge on any atom is -0.352 e. The average molecular weight is 681 g/mol. The van der Waals surface area contributed by atoms with E-state index in [1.54, 1.807) is 12.1 Å². The summed E-state index contributed by atoms with van der Waals surface area (Å²) < 4.78 is 43.7. The molecule has 4 aromatic carbocycles. The molecule has 4 aromatic rings. The number of rotatable bonds is 12. The number of carbonyl (C=O) groups excluding carboxylic acids is 2. The van der Waals surface area contributed by atoms with E-state index in [0.29, 0.717) is 0 Å². The molecule has 0 fully saturated rings. The molecule has 0 bridgehead atoms. The number of carbonyl (C=O) groups is 2. The molecule has 0 aliphatic heterocycles. The second-order valence-electron chi connectivity index (χ2n) is 10.8. The van der Waals surface area contributed by atoms with E-state index in [2.05, 4.69) is 21.2 Å². The molecule has 7 nitrogen and oxygen atoms in total. The van der Waals surface area contributed by atoms with Gasteiger partial charge in [0.05, 0.1) is 10.6 Å². The van der Waals surface area contributed by atoms with Gasteiger partial charge in [-0.3, -0.25) is 13.9 Å². The Bertz CT molecular complexity index is 1660. The maximum absolute atomic E-state index is 14.4. The Morgan fingerprint density at radius 1 is 0.841 bits per heavy atom. The highest BCUT2D eigenvalue weighted by Gasteiger charge is 2.34. The topological polar surface area (TPSA) is 86.8 Å². The smallest absolute Gasteiger partial charge is 0.264 e. The summed E-state index contributed by atoms with van der Waals surface area (Å²) in [6.45, 7) is 4.95. The second kappa shape index (κ2) is 14.6. The number of amides is 2. The lowest BCUT2D eigenvalue weighted by Crippen LogP contribution is -2.54. The van der Waals surface area contributed by atoms with Crippen LogP contribution >= 0.6 is 15.9 Å². The maximum Gasteiger partial charge on any atom is 0.264 e. The van der Waals surface area contributed by atoms with Gasteiger partial charge >= 0.3 is 0 Å². The normalized spacial score (nSPS) is 12.0. The molecule has 10 heteroatoms. The molecular weight excluding hydrogens is 645 g/mol. The third kappa shape index (κ3) is 8.54. The molecule has 1 N–H and O–H groups in total. The van der Waals surface area contributed by atoms with Gasteiger partial charge in [0.25, 0.3) is 10.0 Å². The molecule has 0 spiro atoms. The minimum atomic E-state index is -4.26. The number of benzene rings is 4. The van der Waals surface area contributed by atoms with Crippen LogP contribution in [0.3, 0.4) is 0 Å². The van der Waals surface area contributed by atoms with Gasteiger partial charge in [-0.2, -0.15) is 0 Å². The highest BCUT2D eigenvalue weighted by molar-refractivity contribution is 9.10. The van der Waals surface area contributed by atoms with Crippen LogP contribution in [0.15, 0.2) is 112 Å².